The van der Waals surface area contributed by atoms with Gasteiger partial charge in [-0.3, -0.25) is 4.79 Å². The zero-order valence-corrected chi connectivity index (χ0v) is 13.0. The zero-order valence-electron chi connectivity index (χ0n) is 12.2. The summed E-state index contributed by atoms with van der Waals surface area (Å²) in [6.07, 6.45) is 1.29. The van der Waals surface area contributed by atoms with E-state index in [1.54, 1.807) is 0 Å². The molecule has 0 radical (unpaired) electrons. The Morgan fingerprint density at radius 2 is 1.95 bits per heavy atom. The predicted molar refractivity (Wildman–Crippen MR) is 81.1 cm³/mol. The quantitative estimate of drug-likeness (QED) is 0.893. The first-order valence-corrected chi connectivity index (χ1v) is 8.97. The molecule has 6 heteroatoms. The maximum atomic E-state index is 11.8. The highest BCUT2D eigenvalue weighted by Crippen LogP contribution is 2.16. The topological polar surface area (TPSA) is 72.5 Å². The van der Waals surface area contributed by atoms with Crippen LogP contribution in [0.25, 0.3) is 0 Å². The molecule has 0 aromatic heterocycles. The summed E-state index contributed by atoms with van der Waals surface area (Å²) >= 11 is 0. The Morgan fingerprint density at radius 3 is 2.62 bits per heavy atom. The van der Waals surface area contributed by atoms with E-state index in [-0.39, 0.29) is 29.9 Å². The summed E-state index contributed by atoms with van der Waals surface area (Å²) in [5, 5.41) is 2.87. The molecule has 0 unspecified atom stereocenters. The third kappa shape index (κ3) is 5.04. The van der Waals surface area contributed by atoms with Gasteiger partial charge in [-0.2, -0.15) is 0 Å². The third-order valence-electron chi connectivity index (χ3n) is 3.60. The Bertz CT molecular complexity index is 583. The van der Waals surface area contributed by atoms with Gasteiger partial charge in [0.15, 0.2) is 0 Å². The summed E-state index contributed by atoms with van der Waals surface area (Å²) in [6, 6.07) is 7.63. The van der Waals surface area contributed by atoms with Crippen molar-refractivity contribution in [1.82, 2.24) is 5.32 Å². The number of hydrogen-bond acceptors (Lipinski definition) is 4. The highest BCUT2D eigenvalue weighted by molar-refractivity contribution is 7.91. The van der Waals surface area contributed by atoms with Crippen LogP contribution in [0, 0.1) is 6.92 Å². The first-order valence-electron chi connectivity index (χ1n) is 7.14. The van der Waals surface area contributed by atoms with E-state index in [4.69, 9.17) is 4.74 Å². The van der Waals surface area contributed by atoms with Crippen molar-refractivity contribution in [3.8, 4) is 5.75 Å². The fourth-order valence-electron chi connectivity index (χ4n) is 2.31. The van der Waals surface area contributed by atoms with E-state index in [1.807, 2.05) is 31.2 Å². The van der Waals surface area contributed by atoms with Crippen molar-refractivity contribution in [2.24, 2.45) is 0 Å². The summed E-state index contributed by atoms with van der Waals surface area (Å²) in [5.41, 5.74) is 1.04. The summed E-state index contributed by atoms with van der Waals surface area (Å²) in [7, 11) is -2.89. The molecule has 1 aromatic carbocycles. The van der Waals surface area contributed by atoms with Crippen LogP contribution < -0.4 is 10.1 Å². The van der Waals surface area contributed by atoms with Crippen LogP contribution in [0.4, 0.5) is 0 Å². The molecule has 1 amide bonds. The molecule has 2 rings (SSSR count). The Labute approximate surface area is 125 Å². The second-order valence-corrected chi connectivity index (χ2v) is 7.66. The molecule has 0 atom stereocenters. The molecule has 0 aliphatic carbocycles. The number of carbonyl (C=O) groups excluding carboxylic acids is 1. The smallest absolute Gasteiger partial charge is 0.223 e. The SMILES string of the molecule is Cc1ccccc1OCCC(=O)NC1CCS(=O)(=O)CC1. The fraction of sp³-hybridized carbons (Fsp3) is 0.533. The molecular formula is C15H21NO4S. The fourth-order valence-corrected chi connectivity index (χ4v) is 3.80. The molecule has 0 bridgehead atoms. The van der Waals surface area contributed by atoms with Gasteiger partial charge in [-0.25, -0.2) is 8.42 Å². The molecule has 21 heavy (non-hydrogen) atoms. The van der Waals surface area contributed by atoms with Crippen LogP contribution in [0.1, 0.15) is 24.8 Å². The number of benzene rings is 1. The van der Waals surface area contributed by atoms with Gasteiger partial charge in [0.2, 0.25) is 5.91 Å². The molecule has 1 aromatic rings. The number of para-hydroxylation sites is 1. The molecule has 0 saturated carbocycles. The van der Waals surface area contributed by atoms with E-state index in [0.717, 1.165) is 11.3 Å². The average Bonchev–Trinajstić information content (AvgIpc) is 2.43. The van der Waals surface area contributed by atoms with Crippen LogP contribution in [-0.4, -0.2) is 38.5 Å². The number of hydrogen-bond donors (Lipinski definition) is 1. The number of aryl methyl sites for hydroxylation is 1. The monoisotopic (exact) mass is 311 g/mol. The molecule has 1 heterocycles. The summed E-state index contributed by atoms with van der Waals surface area (Å²) in [6.45, 7) is 2.28. The van der Waals surface area contributed by atoms with Crippen LogP contribution in [-0.2, 0) is 14.6 Å². The number of amides is 1. The highest BCUT2D eigenvalue weighted by atomic mass is 32.2. The van der Waals surface area contributed by atoms with Gasteiger partial charge in [0.1, 0.15) is 15.6 Å². The number of rotatable bonds is 5. The molecule has 1 aliphatic rings. The van der Waals surface area contributed by atoms with Crippen molar-refractivity contribution in [3.05, 3.63) is 29.8 Å². The lowest BCUT2D eigenvalue weighted by Crippen LogP contribution is -2.41. The van der Waals surface area contributed by atoms with Gasteiger partial charge in [0.05, 0.1) is 24.5 Å². The Morgan fingerprint density at radius 1 is 1.29 bits per heavy atom. The van der Waals surface area contributed by atoms with E-state index >= 15 is 0 Å². The van der Waals surface area contributed by atoms with Gasteiger partial charge in [-0.1, -0.05) is 18.2 Å². The van der Waals surface area contributed by atoms with Gasteiger partial charge in [0, 0.05) is 6.04 Å². The largest absolute Gasteiger partial charge is 0.493 e. The first-order chi connectivity index (χ1) is 9.96. The van der Waals surface area contributed by atoms with Gasteiger partial charge >= 0.3 is 0 Å². The zero-order chi connectivity index (χ0) is 15.3. The Hall–Kier alpha value is -1.56. The average molecular weight is 311 g/mol. The third-order valence-corrected chi connectivity index (χ3v) is 5.32. The molecule has 1 aliphatic heterocycles. The van der Waals surface area contributed by atoms with E-state index in [9.17, 15) is 13.2 Å². The van der Waals surface area contributed by atoms with Gasteiger partial charge in [-0.05, 0) is 31.4 Å². The van der Waals surface area contributed by atoms with Crippen molar-refractivity contribution in [1.29, 1.82) is 0 Å². The van der Waals surface area contributed by atoms with Crippen molar-refractivity contribution < 1.29 is 17.9 Å². The predicted octanol–water partition coefficient (Wildman–Crippen LogP) is 1.46. The highest BCUT2D eigenvalue weighted by Gasteiger charge is 2.24. The van der Waals surface area contributed by atoms with Crippen LogP contribution in [0.3, 0.4) is 0 Å². The first kappa shape index (κ1) is 15.8. The maximum Gasteiger partial charge on any atom is 0.223 e. The molecule has 5 nitrogen and oxygen atoms in total. The number of nitrogens with one attached hydrogen (secondary N) is 1. The lowest BCUT2D eigenvalue weighted by molar-refractivity contribution is -0.122. The Balaban J connectivity index is 1.70. The lowest BCUT2D eigenvalue weighted by Gasteiger charge is -2.23. The Kier molecular flexibility index (Phi) is 5.22. The van der Waals surface area contributed by atoms with Crippen molar-refractivity contribution in [2.45, 2.75) is 32.2 Å². The van der Waals surface area contributed by atoms with E-state index in [0.29, 0.717) is 19.4 Å². The minimum absolute atomic E-state index is 0.0283. The molecule has 1 saturated heterocycles. The number of ether oxygens (including phenoxy) is 1. The molecule has 0 spiro atoms. The van der Waals surface area contributed by atoms with E-state index in [1.165, 1.54) is 0 Å². The molecule has 1 fully saturated rings. The molecule has 116 valence electrons. The van der Waals surface area contributed by atoms with E-state index < -0.39 is 9.84 Å². The molecular weight excluding hydrogens is 290 g/mol. The standard InChI is InChI=1S/C15H21NO4S/c1-12-4-2-3-5-14(12)20-9-6-15(17)16-13-7-10-21(18,19)11-8-13/h2-5,13H,6-11H2,1H3,(H,16,17). The van der Waals surface area contributed by atoms with Gasteiger partial charge in [0.25, 0.3) is 0 Å². The van der Waals surface area contributed by atoms with Crippen molar-refractivity contribution in [3.63, 3.8) is 0 Å². The van der Waals surface area contributed by atoms with Crippen molar-refractivity contribution >= 4 is 15.7 Å². The van der Waals surface area contributed by atoms with E-state index in [2.05, 4.69) is 5.32 Å². The van der Waals surface area contributed by atoms with Gasteiger partial charge in [-0.15, -0.1) is 0 Å². The van der Waals surface area contributed by atoms with Crippen LogP contribution in [0.15, 0.2) is 24.3 Å². The second kappa shape index (κ2) is 6.93. The van der Waals surface area contributed by atoms with Crippen LogP contribution in [0.5, 0.6) is 5.75 Å². The second-order valence-electron chi connectivity index (χ2n) is 5.36. The summed E-state index contributed by atoms with van der Waals surface area (Å²) in [5.74, 6) is 1.02. The maximum absolute atomic E-state index is 11.8. The lowest BCUT2D eigenvalue weighted by atomic mass is 10.1. The van der Waals surface area contributed by atoms with Gasteiger partial charge < -0.3 is 10.1 Å². The normalized spacial score (nSPS) is 18.1. The minimum atomic E-state index is -2.89. The summed E-state index contributed by atoms with van der Waals surface area (Å²) < 4.78 is 28.2. The molecule has 1 N–H and O–H groups in total. The minimum Gasteiger partial charge on any atom is -0.493 e. The van der Waals surface area contributed by atoms with Crippen molar-refractivity contribution in [2.75, 3.05) is 18.1 Å². The summed E-state index contributed by atoms with van der Waals surface area (Å²) in [4.78, 5) is 11.8. The number of sulfone groups is 1. The van der Waals surface area contributed by atoms with Crippen LogP contribution >= 0.6 is 0 Å². The number of carbonyl (C=O) groups is 1. The van der Waals surface area contributed by atoms with Crippen LogP contribution in [0.2, 0.25) is 0 Å².